The van der Waals surface area contributed by atoms with Crippen molar-refractivity contribution in [1.82, 2.24) is 9.13 Å². The third-order valence-corrected chi connectivity index (χ3v) is 15.3. The van der Waals surface area contributed by atoms with Gasteiger partial charge in [-0.15, -0.1) is 0 Å². The SMILES string of the molecule is CC1(C)C2=CC(c3ccc(-n4c5ccccc5c5ccccc54)cc3)=CC3C2N(c2ccc(-c4ccc(-n5c6c(c7ccccc75)CCC=C6)cc4)cc21)c1ccccc1C3(C)C. The number of para-hydroxylation sites is 4. The first-order chi connectivity index (χ1) is 30.8. The third-order valence-electron chi connectivity index (χ3n) is 15.3. The second kappa shape index (κ2) is 13.2. The lowest BCUT2D eigenvalue weighted by Crippen LogP contribution is -2.57. The fourth-order valence-electron chi connectivity index (χ4n) is 12.1. The van der Waals surface area contributed by atoms with E-state index in [1.807, 2.05) is 0 Å². The highest BCUT2D eigenvalue weighted by Crippen LogP contribution is 2.60. The second-order valence-corrected chi connectivity index (χ2v) is 19.3. The Morgan fingerprint density at radius 3 is 1.81 bits per heavy atom. The van der Waals surface area contributed by atoms with Crippen molar-refractivity contribution in [3.05, 3.63) is 216 Å². The summed E-state index contributed by atoms with van der Waals surface area (Å²) in [6, 6.07) is 61.6. The highest BCUT2D eigenvalue weighted by molar-refractivity contribution is 6.09. The van der Waals surface area contributed by atoms with Crippen molar-refractivity contribution in [1.29, 1.82) is 0 Å². The Kier molecular flexibility index (Phi) is 7.66. The molecule has 7 aromatic carbocycles. The molecule has 2 atom stereocenters. The molecule has 2 unspecified atom stereocenters. The fraction of sp³-hybridized carbons (Fsp3) is 0.167. The molecule has 0 amide bonds. The average Bonchev–Trinajstić information content (AvgIpc) is 3.84. The minimum absolute atomic E-state index is 0.0826. The molecule has 0 bridgehead atoms. The average molecular weight is 812 g/mol. The van der Waals surface area contributed by atoms with Crippen molar-refractivity contribution < 1.29 is 0 Å². The molecule has 9 aromatic rings. The van der Waals surface area contributed by atoms with E-state index in [-0.39, 0.29) is 22.8 Å². The van der Waals surface area contributed by atoms with Crippen LogP contribution in [0, 0.1) is 5.92 Å². The number of nitrogens with zero attached hydrogens (tertiary/aromatic N) is 3. The topological polar surface area (TPSA) is 13.1 Å². The molecule has 63 heavy (non-hydrogen) atoms. The van der Waals surface area contributed by atoms with Gasteiger partial charge in [0.2, 0.25) is 0 Å². The molecule has 4 heterocycles. The van der Waals surface area contributed by atoms with Gasteiger partial charge in [-0.25, -0.2) is 0 Å². The van der Waals surface area contributed by atoms with Gasteiger partial charge in [-0.2, -0.15) is 0 Å². The summed E-state index contributed by atoms with van der Waals surface area (Å²) < 4.78 is 4.86. The standard InChI is InChI=1S/C60H49N3/c1-59(2)48-19-9-14-24-56(48)63-57-34-29-40(38-25-30-42(31-26-38)61-52-20-10-5-15-44(52)45-16-6-11-21-53(45)61)35-49(57)60(3,4)51-37-41(36-50(59)58(51)63)39-27-32-43(33-28-39)62-54-22-12-7-17-46(54)47-18-8-13-23-55(47)62/h5,7-15,17-37,50,58H,6,16H2,1-4H3. The molecule has 0 saturated heterocycles. The van der Waals surface area contributed by atoms with E-state index in [9.17, 15) is 0 Å². The maximum absolute atomic E-state index is 2.69. The number of hydrogen-bond acceptors (Lipinski definition) is 1. The zero-order chi connectivity index (χ0) is 42.2. The van der Waals surface area contributed by atoms with Crippen molar-refractivity contribution in [2.45, 2.75) is 57.4 Å². The van der Waals surface area contributed by atoms with Gasteiger partial charge in [-0.05, 0) is 124 Å². The van der Waals surface area contributed by atoms with E-state index < -0.39 is 0 Å². The summed E-state index contributed by atoms with van der Waals surface area (Å²) in [7, 11) is 0. The van der Waals surface area contributed by atoms with Crippen LogP contribution in [0.5, 0.6) is 0 Å². The van der Waals surface area contributed by atoms with Crippen molar-refractivity contribution in [2.75, 3.05) is 4.90 Å². The van der Waals surface area contributed by atoms with Crippen LogP contribution in [0.25, 0.3) is 66.9 Å². The largest absolute Gasteiger partial charge is 0.333 e. The van der Waals surface area contributed by atoms with Crippen LogP contribution < -0.4 is 4.90 Å². The normalized spacial score (nSPS) is 19.0. The Bertz CT molecular complexity index is 3400. The number of hydrogen-bond donors (Lipinski definition) is 0. The minimum Gasteiger partial charge on any atom is -0.333 e. The first kappa shape index (κ1) is 36.5. The van der Waals surface area contributed by atoms with Crippen molar-refractivity contribution in [3.63, 3.8) is 0 Å². The number of aromatic nitrogens is 2. The molecule has 0 N–H and O–H groups in total. The van der Waals surface area contributed by atoms with E-state index in [2.05, 4.69) is 230 Å². The fourth-order valence-corrected chi connectivity index (χ4v) is 12.1. The molecule has 13 rings (SSSR count). The number of anilines is 2. The van der Waals surface area contributed by atoms with E-state index in [0.29, 0.717) is 0 Å². The van der Waals surface area contributed by atoms with E-state index in [0.717, 1.165) is 12.8 Å². The quantitative estimate of drug-likeness (QED) is 0.173. The Morgan fingerprint density at radius 2 is 1.10 bits per heavy atom. The molecule has 2 aromatic heterocycles. The van der Waals surface area contributed by atoms with Gasteiger partial charge in [0.15, 0.2) is 0 Å². The van der Waals surface area contributed by atoms with E-state index >= 15 is 0 Å². The van der Waals surface area contributed by atoms with E-state index in [4.69, 9.17) is 0 Å². The van der Waals surface area contributed by atoms with Crippen LogP contribution in [0.1, 0.15) is 62.1 Å². The zero-order valence-electron chi connectivity index (χ0n) is 36.3. The lowest BCUT2D eigenvalue weighted by Gasteiger charge is -2.58. The zero-order valence-corrected chi connectivity index (χ0v) is 36.3. The summed E-state index contributed by atoms with van der Waals surface area (Å²) in [5, 5.41) is 3.94. The van der Waals surface area contributed by atoms with Crippen molar-refractivity contribution >= 4 is 55.7 Å². The highest BCUT2D eigenvalue weighted by Gasteiger charge is 2.54. The van der Waals surface area contributed by atoms with Crippen molar-refractivity contribution in [3.8, 4) is 22.5 Å². The maximum Gasteiger partial charge on any atom is 0.0634 e. The maximum atomic E-state index is 2.69. The Labute approximate surface area is 369 Å². The number of aryl methyl sites for hydroxylation is 1. The number of rotatable bonds is 4. The first-order valence-electron chi connectivity index (χ1n) is 22.7. The minimum atomic E-state index is -0.217. The summed E-state index contributed by atoms with van der Waals surface area (Å²) >= 11 is 0. The lowest BCUT2D eigenvalue weighted by atomic mass is 9.56. The predicted octanol–water partition coefficient (Wildman–Crippen LogP) is 15.1. The smallest absolute Gasteiger partial charge is 0.0634 e. The second-order valence-electron chi connectivity index (χ2n) is 19.3. The number of benzene rings is 7. The van der Waals surface area contributed by atoms with Gasteiger partial charge in [0, 0.05) is 61.4 Å². The summed E-state index contributed by atoms with van der Waals surface area (Å²) in [5.41, 5.74) is 20.6. The molecule has 0 saturated carbocycles. The molecule has 3 heteroatoms. The number of fused-ring (bicyclic) bond motifs is 10. The summed E-state index contributed by atoms with van der Waals surface area (Å²) in [4.78, 5) is 2.69. The van der Waals surface area contributed by atoms with Crippen LogP contribution in [-0.2, 0) is 17.3 Å². The van der Waals surface area contributed by atoms with Crippen LogP contribution >= 0.6 is 0 Å². The molecule has 3 nitrogen and oxygen atoms in total. The Hall–Kier alpha value is -7.10. The molecular weight excluding hydrogens is 763 g/mol. The molecule has 0 fully saturated rings. The van der Waals surface area contributed by atoms with Gasteiger partial charge < -0.3 is 14.0 Å². The van der Waals surface area contributed by atoms with E-state index in [1.165, 1.54) is 106 Å². The van der Waals surface area contributed by atoms with Gasteiger partial charge in [0.25, 0.3) is 0 Å². The molecule has 304 valence electrons. The number of allylic oxidation sites excluding steroid dienone is 3. The van der Waals surface area contributed by atoms with Crippen LogP contribution in [0.4, 0.5) is 11.4 Å². The third kappa shape index (κ3) is 5.14. The summed E-state index contributed by atoms with van der Waals surface area (Å²) in [5.74, 6) is 0.268. The molecule has 2 aliphatic heterocycles. The highest BCUT2D eigenvalue weighted by atomic mass is 15.2. The van der Waals surface area contributed by atoms with Gasteiger partial charge in [-0.3, -0.25) is 0 Å². The monoisotopic (exact) mass is 811 g/mol. The molecular formula is C60H49N3. The van der Waals surface area contributed by atoms with Crippen LogP contribution in [0.2, 0.25) is 0 Å². The lowest BCUT2D eigenvalue weighted by molar-refractivity contribution is 0.302. The molecule has 4 aliphatic rings. The van der Waals surface area contributed by atoms with Gasteiger partial charge >= 0.3 is 0 Å². The predicted molar refractivity (Wildman–Crippen MR) is 265 cm³/mol. The Morgan fingerprint density at radius 1 is 0.524 bits per heavy atom. The summed E-state index contributed by atoms with van der Waals surface area (Å²) in [6.45, 7) is 9.87. The van der Waals surface area contributed by atoms with Crippen LogP contribution in [0.15, 0.2) is 188 Å². The first-order valence-corrected chi connectivity index (χ1v) is 22.7. The summed E-state index contributed by atoms with van der Waals surface area (Å²) in [6.07, 6.45) is 12.0. The molecule has 0 radical (unpaired) electrons. The molecule has 0 spiro atoms. The Balaban J connectivity index is 0.924. The van der Waals surface area contributed by atoms with Gasteiger partial charge in [0.1, 0.15) is 0 Å². The van der Waals surface area contributed by atoms with Crippen molar-refractivity contribution in [2.24, 2.45) is 5.92 Å². The van der Waals surface area contributed by atoms with Crippen LogP contribution in [-0.4, -0.2) is 15.2 Å². The molecule has 2 aliphatic carbocycles. The van der Waals surface area contributed by atoms with E-state index in [1.54, 1.807) is 0 Å². The van der Waals surface area contributed by atoms with Crippen LogP contribution in [0.3, 0.4) is 0 Å². The van der Waals surface area contributed by atoms with Gasteiger partial charge in [-0.1, -0.05) is 149 Å². The van der Waals surface area contributed by atoms with Gasteiger partial charge in [0.05, 0.1) is 22.6 Å².